The number of nitrogens with one attached hydrogen (secondary N) is 1. The number of nitrogens with zero attached hydrogens (tertiary/aromatic N) is 1. The second kappa shape index (κ2) is 6.75. The molecule has 4 nitrogen and oxygen atoms in total. The van der Waals surface area contributed by atoms with Crippen molar-refractivity contribution in [2.75, 3.05) is 19.6 Å². The Hall–Kier alpha value is -1.46. The normalized spacial score (nSPS) is 26.4. The molecule has 0 aliphatic carbocycles. The summed E-state index contributed by atoms with van der Waals surface area (Å²) >= 11 is 0. The van der Waals surface area contributed by atoms with Gasteiger partial charge < -0.3 is 15.3 Å². The number of halogens is 1. The Morgan fingerprint density at radius 2 is 1.95 bits per heavy atom. The molecule has 0 unspecified atom stereocenters. The number of carbonyl (C=O) groups excluding carboxylic acids is 1. The summed E-state index contributed by atoms with van der Waals surface area (Å²) in [5.74, 6) is 0.476. The molecular formula is C17H23FN2O2. The van der Waals surface area contributed by atoms with Crippen molar-refractivity contribution >= 4 is 5.91 Å². The lowest BCUT2D eigenvalue weighted by molar-refractivity contribution is -0.134. The highest BCUT2D eigenvalue weighted by Gasteiger charge is 2.32. The van der Waals surface area contributed by atoms with E-state index in [1.54, 1.807) is 0 Å². The molecule has 2 aliphatic heterocycles. The third-order valence-corrected chi connectivity index (χ3v) is 4.77. The Labute approximate surface area is 130 Å². The van der Waals surface area contributed by atoms with E-state index in [9.17, 15) is 14.3 Å². The maximum atomic E-state index is 12.9. The third kappa shape index (κ3) is 3.65. The average Bonchev–Trinajstić information content (AvgIpc) is 2.96. The third-order valence-electron chi connectivity index (χ3n) is 4.77. The van der Waals surface area contributed by atoms with Crippen LogP contribution in [0.25, 0.3) is 0 Å². The molecule has 2 fully saturated rings. The summed E-state index contributed by atoms with van der Waals surface area (Å²) in [6.45, 7) is 2.06. The van der Waals surface area contributed by atoms with E-state index in [0.717, 1.165) is 37.9 Å². The van der Waals surface area contributed by atoms with Gasteiger partial charge in [0.25, 0.3) is 0 Å². The van der Waals surface area contributed by atoms with Gasteiger partial charge in [-0.05, 0) is 49.3 Å². The van der Waals surface area contributed by atoms with E-state index in [1.807, 2.05) is 17.0 Å². The van der Waals surface area contributed by atoms with Crippen molar-refractivity contribution in [2.45, 2.75) is 37.8 Å². The highest BCUT2D eigenvalue weighted by molar-refractivity contribution is 5.82. The van der Waals surface area contributed by atoms with Gasteiger partial charge in [0.1, 0.15) is 5.82 Å². The first-order valence-corrected chi connectivity index (χ1v) is 8.06. The van der Waals surface area contributed by atoms with E-state index in [2.05, 4.69) is 5.32 Å². The summed E-state index contributed by atoms with van der Waals surface area (Å²) in [6, 6.07) is 6.48. The molecular weight excluding hydrogens is 283 g/mol. The first kappa shape index (κ1) is 15.4. The Balaban J connectivity index is 1.48. The first-order valence-electron chi connectivity index (χ1n) is 8.06. The van der Waals surface area contributed by atoms with Crippen molar-refractivity contribution in [1.29, 1.82) is 0 Å². The molecule has 2 saturated heterocycles. The summed E-state index contributed by atoms with van der Waals surface area (Å²) in [4.78, 5) is 14.3. The van der Waals surface area contributed by atoms with Crippen LogP contribution >= 0.6 is 0 Å². The van der Waals surface area contributed by atoms with Crippen LogP contribution in [0.5, 0.6) is 0 Å². The molecule has 0 saturated carbocycles. The second-order valence-corrected chi connectivity index (χ2v) is 6.45. The number of piperidine rings is 1. The van der Waals surface area contributed by atoms with Crippen molar-refractivity contribution in [3.63, 3.8) is 0 Å². The molecule has 3 rings (SSSR count). The molecule has 120 valence electrons. The van der Waals surface area contributed by atoms with Crippen LogP contribution in [0, 0.1) is 11.7 Å². The standard InChI is InChI=1S/C17H23FN2O2/c18-14-3-1-12(2-4-14)9-13-5-7-20(8-6-13)17(22)16-10-15(21)11-19-16/h1-4,13,15-16,19,21H,5-11H2/t15-,16+/m1/s1. The highest BCUT2D eigenvalue weighted by atomic mass is 19.1. The molecule has 22 heavy (non-hydrogen) atoms. The van der Waals surface area contributed by atoms with Gasteiger partial charge in [-0.25, -0.2) is 4.39 Å². The lowest BCUT2D eigenvalue weighted by Crippen LogP contribution is -2.47. The van der Waals surface area contributed by atoms with Crippen LogP contribution in [0.3, 0.4) is 0 Å². The summed E-state index contributed by atoms with van der Waals surface area (Å²) < 4.78 is 12.9. The fraction of sp³-hybridized carbons (Fsp3) is 0.588. The van der Waals surface area contributed by atoms with Crippen LogP contribution in [0.4, 0.5) is 4.39 Å². The van der Waals surface area contributed by atoms with Gasteiger partial charge >= 0.3 is 0 Å². The minimum atomic E-state index is -0.398. The van der Waals surface area contributed by atoms with Crippen molar-refractivity contribution in [1.82, 2.24) is 10.2 Å². The van der Waals surface area contributed by atoms with Crippen molar-refractivity contribution in [2.24, 2.45) is 5.92 Å². The number of β-amino-alcohol motifs (C(OH)–C–C–N with tert-alkyl or cyclic N) is 1. The zero-order valence-corrected chi connectivity index (χ0v) is 12.7. The van der Waals surface area contributed by atoms with Gasteiger partial charge in [0.15, 0.2) is 0 Å². The largest absolute Gasteiger partial charge is 0.392 e. The van der Waals surface area contributed by atoms with Crippen LogP contribution in [-0.2, 0) is 11.2 Å². The lowest BCUT2D eigenvalue weighted by Gasteiger charge is -2.33. The van der Waals surface area contributed by atoms with E-state index in [-0.39, 0.29) is 17.8 Å². The van der Waals surface area contributed by atoms with E-state index < -0.39 is 6.10 Å². The smallest absolute Gasteiger partial charge is 0.239 e. The molecule has 1 amide bonds. The van der Waals surface area contributed by atoms with Crippen LogP contribution in [-0.4, -0.2) is 47.7 Å². The molecule has 2 aliphatic rings. The monoisotopic (exact) mass is 306 g/mol. The zero-order valence-electron chi connectivity index (χ0n) is 12.7. The average molecular weight is 306 g/mol. The second-order valence-electron chi connectivity index (χ2n) is 6.45. The van der Waals surface area contributed by atoms with Gasteiger partial charge in [-0.1, -0.05) is 12.1 Å². The number of hydrogen-bond donors (Lipinski definition) is 2. The molecule has 2 atom stereocenters. The predicted octanol–water partition coefficient (Wildman–Crippen LogP) is 1.33. The number of aliphatic hydroxyl groups is 1. The number of aliphatic hydroxyl groups excluding tert-OH is 1. The lowest BCUT2D eigenvalue weighted by atomic mass is 9.90. The van der Waals surface area contributed by atoms with Gasteiger partial charge in [0, 0.05) is 19.6 Å². The van der Waals surface area contributed by atoms with E-state index in [4.69, 9.17) is 0 Å². The van der Waals surface area contributed by atoms with Gasteiger partial charge in [-0.15, -0.1) is 0 Å². The Morgan fingerprint density at radius 3 is 2.55 bits per heavy atom. The number of amides is 1. The molecule has 2 N–H and O–H groups in total. The number of likely N-dealkylation sites (tertiary alicyclic amines) is 1. The first-order chi connectivity index (χ1) is 10.6. The Kier molecular flexibility index (Phi) is 4.74. The van der Waals surface area contributed by atoms with Gasteiger partial charge in [0.05, 0.1) is 12.1 Å². The van der Waals surface area contributed by atoms with Gasteiger partial charge in [-0.3, -0.25) is 4.79 Å². The SMILES string of the molecule is O=C([C@@H]1C[C@@H](O)CN1)N1CCC(Cc2ccc(F)cc2)CC1. The molecule has 0 spiro atoms. The molecule has 1 aromatic rings. The maximum absolute atomic E-state index is 12.9. The molecule has 5 heteroatoms. The van der Waals surface area contributed by atoms with Crippen LogP contribution < -0.4 is 5.32 Å². The summed E-state index contributed by atoms with van der Waals surface area (Å²) in [5, 5.41) is 12.6. The fourth-order valence-electron chi connectivity index (χ4n) is 3.44. The van der Waals surface area contributed by atoms with Gasteiger partial charge in [0.2, 0.25) is 5.91 Å². The summed E-state index contributed by atoms with van der Waals surface area (Å²) in [6.07, 6.45) is 3.04. The van der Waals surface area contributed by atoms with E-state index in [1.165, 1.54) is 12.1 Å². The zero-order chi connectivity index (χ0) is 15.5. The minimum Gasteiger partial charge on any atom is -0.392 e. The molecule has 2 heterocycles. The summed E-state index contributed by atoms with van der Waals surface area (Å²) in [5.41, 5.74) is 1.16. The molecule has 0 aromatic heterocycles. The number of carbonyl (C=O) groups is 1. The van der Waals surface area contributed by atoms with Crippen LogP contribution in [0.15, 0.2) is 24.3 Å². The van der Waals surface area contributed by atoms with Crippen molar-refractivity contribution in [3.8, 4) is 0 Å². The topological polar surface area (TPSA) is 52.6 Å². The quantitative estimate of drug-likeness (QED) is 0.886. The van der Waals surface area contributed by atoms with Crippen LogP contribution in [0.1, 0.15) is 24.8 Å². The maximum Gasteiger partial charge on any atom is 0.239 e. The number of hydrogen-bond acceptors (Lipinski definition) is 3. The van der Waals surface area contributed by atoms with E-state index >= 15 is 0 Å². The predicted molar refractivity (Wildman–Crippen MR) is 81.8 cm³/mol. The Bertz CT molecular complexity index is 512. The molecule has 0 radical (unpaired) electrons. The van der Waals surface area contributed by atoms with E-state index in [0.29, 0.717) is 18.9 Å². The number of rotatable bonds is 3. The molecule has 1 aromatic carbocycles. The van der Waals surface area contributed by atoms with Crippen LogP contribution in [0.2, 0.25) is 0 Å². The molecule has 0 bridgehead atoms. The van der Waals surface area contributed by atoms with Gasteiger partial charge in [-0.2, -0.15) is 0 Å². The fourth-order valence-corrected chi connectivity index (χ4v) is 3.44. The Morgan fingerprint density at radius 1 is 1.27 bits per heavy atom. The minimum absolute atomic E-state index is 0.122. The van der Waals surface area contributed by atoms with Crippen molar-refractivity contribution in [3.05, 3.63) is 35.6 Å². The highest BCUT2D eigenvalue weighted by Crippen LogP contribution is 2.23. The summed E-state index contributed by atoms with van der Waals surface area (Å²) in [7, 11) is 0. The number of benzene rings is 1. The van der Waals surface area contributed by atoms with Crippen molar-refractivity contribution < 1.29 is 14.3 Å².